The molecule has 1 atom stereocenters. The van der Waals surface area contributed by atoms with Gasteiger partial charge in [0.05, 0.1) is 6.61 Å². The van der Waals surface area contributed by atoms with Gasteiger partial charge in [-0.3, -0.25) is 4.90 Å². The average Bonchev–Trinajstić information content (AvgIpc) is 2.87. The molecule has 0 saturated carbocycles. The summed E-state index contributed by atoms with van der Waals surface area (Å²) in [6, 6.07) is 11.4. The molecule has 2 aromatic carbocycles. The van der Waals surface area contributed by atoms with Crippen LogP contribution in [0.15, 0.2) is 42.5 Å². The van der Waals surface area contributed by atoms with E-state index >= 15 is 0 Å². The van der Waals surface area contributed by atoms with E-state index in [4.69, 9.17) is 9.47 Å². The first kappa shape index (κ1) is 19.8. The smallest absolute Gasteiger partial charge is 0.132 e. The van der Waals surface area contributed by atoms with E-state index in [0.29, 0.717) is 17.2 Å². The number of hydrogen-bond acceptors (Lipinski definition) is 3. The molecule has 5 heteroatoms. The highest BCUT2D eigenvalue weighted by atomic mass is 19.1. The maximum atomic E-state index is 13.7. The van der Waals surface area contributed by atoms with E-state index in [1.807, 2.05) is 18.2 Å². The van der Waals surface area contributed by atoms with Gasteiger partial charge in [0.1, 0.15) is 24.0 Å². The zero-order chi connectivity index (χ0) is 19.1. The number of hydrogen-bond donors (Lipinski definition) is 0. The summed E-state index contributed by atoms with van der Waals surface area (Å²) >= 11 is 0. The Morgan fingerprint density at radius 3 is 2.81 bits per heavy atom. The molecule has 0 amide bonds. The molecular formula is C22H27F2NO2. The van der Waals surface area contributed by atoms with Crippen LogP contribution in [0.5, 0.6) is 5.75 Å². The zero-order valence-electron chi connectivity index (χ0n) is 15.8. The Morgan fingerprint density at radius 1 is 1.11 bits per heavy atom. The standard InChI is InChI=1S/C22H27F2NO2/c1-26-15-18-5-2-3-10-25(14-18)13-17-6-4-7-21(11-17)27-16-19-8-9-20(23)12-22(19)24/h4,6-9,11-12,18H,2-3,5,10,13-16H2,1H3. The van der Waals surface area contributed by atoms with E-state index < -0.39 is 11.6 Å². The van der Waals surface area contributed by atoms with Crippen molar-refractivity contribution in [2.75, 3.05) is 26.8 Å². The van der Waals surface area contributed by atoms with E-state index in [1.54, 1.807) is 7.11 Å². The molecule has 2 aromatic rings. The normalized spacial score (nSPS) is 18.3. The van der Waals surface area contributed by atoms with Crippen molar-refractivity contribution in [3.8, 4) is 5.75 Å². The molecule has 1 unspecified atom stereocenters. The van der Waals surface area contributed by atoms with Crippen molar-refractivity contribution < 1.29 is 18.3 Å². The second-order valence-corrected chi connectivity index (χ2v) is 7.22. The number of rotatable bonds is 7. The minimum absolute atomic E-state index is 0.0786. The van der Waals surface area contributed by atoms with Gasteiger partial charge in [-0.05, 0) is 55.1 Å². The molecule has 0 aromatic heterocycles. The minimum atomic E-state index is -0.583. The van der Waals surface area contributed by atoms with Crippen LogP contribution in [0.2, 0.25) is 0 Å². The fourth-order valence-electron chi connectivity index (χ4n) is 3.62. The van der Waals surface area contributed by atoms with Crippen LogP contribution in [-0.2, 0) is 17.9 Å². The second-order valence-electron chi connectivity index (χ2n) is 7.22. The molecule has 1 aliphatic rings. The lowest BCUT2D eigenvalue weighted by Crippen LogP contribution is -2.29. The molecule has 0 bridgehead atoms. The highest BCUT2D eigenvalue weighted by Gasteiger charge is 2.18. The fourth-order valence-corrected chi connectivity index (χ4v) is 3.62. The number of methoxy groups -OCH3 is 1. The van der Waals surface area contributed by atoms with Gasteiger partial charge in [-0.25, -0.2) is 8.78 Å². The SMILES string of the molecule is COCC1CCCCN(Cc2cccc(OCc3ccc(F)cc3F)c2)C1. The molecule has 1 heterocycles. The highest BCUT2D eigenvalue weighted by molar-refractivity contribution is 5.29. The maximum absolute atomic E-state index is 13.7. The van der Waals surface area contributed by atoms with Crippen molar-refractivity contribution in [2.45, 2.75) is 32.4 Å². The van der Waals surface area contributed by atoms with Crippen molar-refractivity contribution in [2.24, 2.45) is 5.92 Å². The minimum Gasteiger partial charge on any atom is -0.489 e. The molecule has 3 nitrogen and oxygen atoms in total. The maximum Gasteiger partial charge on any atom is 0.132 e. The van der Waals surface area contributed by atoms with Crippen LogP contribution in [-0.4, -0.2) is 31.7 Å². The predicted octanol–water partition coefficient (Wildman–Crippen LogP) is 4.79. The molecule has 0 N–H and O–H groups in total. The predicted molar refractivity (Wildman–Crippen MR) is 102 cm³/mol. The van der Waals surface area contributed by atoms with Crippen LogP contribution < -0.4 is 4.74 Å². The Morgan fingerprint density at radius 2 is 2.00 bits per heavy atom. The summed E-state index contributed by atoms with van der Waals surface area (Å²) in [5.74, 6) is 0.111. The Bertz CT molecular complexity index is 738. The van der Waals surface area contributed by atoms with Crippen molar-refractivity contribution in [1.82, 2.24) is 4.90 Å². The molecule has 1 fully saturated rings. The van der Waals surface area contributed by atoms with Gasteiger partial charge in [0.2, 0.25) is 0 Å². The number of likely N-dealkylation sites (tertiary alicyclic amines) is 1. The molecule has 3 rings (SSSR count). The van der Waals surface area contributed by atoms with Gasteiger partial charge in [0, 0.05) is 31.8 Å². The number of ether oxygens (including phenoxy) is 2. The van der Waals surface area contributed by atoms with Crippen molar-refractivity contribution in [3.05, 3.63) is 65.2 Å². The number of benzene rings is 2. The molecule has 0 spiro atoms. The summed E-state index contributed by atoms with van der Waals surface area (Å²) in [6.45, 7) is 3.88. The highest BCUT2D eigenvalue weighted by Crippen LogP contribution is 2.21. The van der Waals surface area contributed by atoms with Gasteiger partial charge in [0.25, 0.3) is 0 Å². The lowest BCUT2D eigenvalue weighted by Gasteiger charge is -2.24. The Labute approximate surface area is 159 Å². The number of halogens is 2. The Hall–Kier alpha value is -1.98. The largest absolute Gasteiger partial charge is 0.489 e. The molecule has 27 heavy (non-hydrogen) atoms. The summed E-state index contributed by atoms with van der Waals surface area (Å²) in [7, 11) is 1.76. The third kappa shape index (κ3) is 6.01. The van der Waals surface area contributed by atoms with Crippen molar-refractivity contribution >= 4 is 0 Å². The Balaban J connectivity index is 1.59. The van der Waals surface area contributed by atoms with Crippen LogP contribution >= 0.6 is 0 Å². The van der Waals surface area contributed by atoms with Crippen LogP contribution in [0.4, 0.5) is 8.78 Å². The van der Waals surface area contributed by atoms with Crippen LogP contribution in [0.3, 0.4) is 0 Å². The average molecular weight is 375 g/mol. The van der Waals surface area contributed by atoms with Crippen LogP contribution in [0.1, 0.15) is 30.4 Å². The first-order chi connectivity index (χ1) is 13.1. The summed E-state index contributed by atoms with van der Waals surface area (Å²) in [4.78, 5) is 2.47. The second kappa shape index (κ2) is 9.81. The first-order valence-corrected chi connectivity index (χ1v) is 9.51. The summed E-state index contributed by atoms with van der Waals surface area (Å²) in [6.07, 6.45) is 3.67. The summed E-state index contributed by atoms with van der Waals surface area (Å²) < 4.78 is 37.8. The molecule has 1 saturated heterocycles. The molecule has 146 valence electrons. The summed E-state index contributed by atoms with van der Waals surface area (Å²) in [5, 5.41) is 0. The van der Waals surface area contributed by atoms with Crippen molar-refractivity contribution in [3.63, 3.8) is 0 Å². The van der Waals surface area contributed by atoms with Crippen LogP contribution in [0, 0.1) is 17.6 Å². The fraction of sp³-hybridized carbons (Fsp3) is 0.455. The van der Waals surface area contributed by atoms with Gasteiger partial charge in [-0.1, -0.05) is 18.6 Å². The van der Waals surface area contributed by atoms with Gasteiger partial charge in [-0.15, -0.1) is 0 Å². The molecule has 0 aliphatic carbocycles. The molecule has 0 radical (unpaired) electrons. The Kier molecular flexibility index (Phi) is 7.18. The topological polar surface area (TPSA) is 21.7 Å². The monoisotopic (exact) mass is 375 g/mol. The van der Waals surface area contributed by atoms with Crippen molar-refractivity contribution in [1.29, 1.82) is 0 Å². The molecule has 1 aliphatic heterocycles. The van der Waals surface area contributed by atoms with Gasteiger partial charge in [0.15, 0.2) is 0 Å². The van der Waals surface area contributed by atoms with E-state index in [2.05, 4.69) is 11.0 Å². The van der Waals surface area contributed by atoms with Gasteiger partial charge in [-0.2, -0.15) is 0 Å². The number of nitrogens with zero attached hydrogens (tertiary/aromatic N) is 1. The molecular weight excluding hydrogens is 348 g/mol. The lowest BCUT2D eigenvalue weighted by molar-refractivity contribution is 0.124. The third-order valence-corrected chi connectivity index (χ3v) is 4.97. The quantitative estimate of drug-likeness (QED) is 0.694. The van der Waals surface area contributed by atoms with E-state index in [0.717, 1.165) is 32.3 Å². The van der Waals surface area contributed by atoms with E-state index in [9.17, 15) is 8.78 Å². The van der Waals surface area contributed by atoms with E-state index in [1.165, 1.54) is 37.0 Å². The van der Waals surface area contributed by atoms with E-state index in [-0.39, 0.29) is 6.61 Å². The summed E-state index contributed by atoms with van der Waals surface area (Å²) in [5.41, 5.74) is 1.52. The van der Waals surface area contributed by atoms with Gasteiger partial charge >= 0.3 is 0 Å². The third-order valence-electron chi connectivity index (χ3n) is 4.97. The first-order valence-electron chi connectivity index (χ1n) is 9.51. The van der Waals surface area contributed by atoms with Gasteiger partial charge < -0.3 is 9.47 Å². The van der Waals surface area contributed by atoms with Crippen LogP contribution in [0.25, 0.3) is 0 Å². The lowest BCUT2D eigenvalue weighted by atomic mass is 10.0. The zero-order valence-corrected chi connectivity index (χ0v) is 15.8.